The van der Waals surface area contributed by atoms with Crippen molar-refractivity contribution in [2.45, 2.75) is 45.2 Å². The highest BCUT2D eigenvalue weighted by atomic mass is 16.6. The Labute approximate surface area is 240 Å². The van der Waals surface area contributed by atoms with Crippen LogP contribution in [-0.2, 0) is 0 Å². The molecule has 2 amide bonds. The van der Waals surface area contributed by atoms with Crippen LogP contribution >= 0.6 is 0 Å². The Kier molecular flexibility index (Phi) is 9.14. The number of hydrogen-bond donors (Lipinski definition) is 2. The van der Waals surface area contributed by atoms with E-state index in [0.717, 1.165) is 0 Å². The molecule has 0 radical (unpaired) electrons. The first kappa shape index (κ1) is 29.0. The van der Waals surface area contributed by atoms with Gasteiger partial charge in [-0.05, 0) is 107 Å². The van der Waals surface area contributed by atoms with Crippen LogP contribution in [0.5, 0.6) is 34.5 Å². The molecular weight excluding hydrogens is 520 g/mol. The summed E-state index contributed by atoms with van der Waals surface area (Å²) < 4.78 is 22.4. The summed E-state index contributed by atoms with van der Waals surface area (Å²) in [5.74, 6) is 3.43. The first-order chi connectivity index (χ1) is 19.6. The van der Waals surface area contributed by atoms with Crippen LogP contribution in [0.1, 0.15) is 34.1 Å². The van der Waals surface area contributed by atoms with Crippen LogP contribution in [0.4, 0.5) is 9.59 Å². The van der Waals surface area contributed by atoms with E-state index in [0.29, 0.717) is 40.9 Å². The molecule has 0 aliphatic carbocycles. The molecule has 212 valence electrons. The molecule has 2 N–H and O–H groups in total. The normalized spacial score (nSPS) is 11.2. The van der Waals surface area contributed by atoms with E-state index in [2.05, 4.69) is 10.6 Å². The van der Waals surface area contributed by atoms with Crippen LogP contribution in [0.3, 0.4) is 0 Å². The Morgan fingerprint density at radius 3 is 1.12 bits per heavy atom. The molecule has 8 nitrogen and oxygen atoms in total. The van der Waals surface area contributed by atoms with Gasteiger partial charge in [0.15, 0.2) is 0 Å². The third-order valence-electron chi connectivity index (χ3n) is 5.79. The minimum absolute atomic E-state index is 0.375. The topological polar surface area (TPSA) is 95.1 Å². The maximum atomic E-state index is 12.6. The zero-order valence-electron chi connectivity index (χ0n) is 23.5. The van der Waals surface area contributed by atoms with Crippen LogP contribution in [0.25, 0.3) is 0 Å². The molecule has 4 aromatic rings. The highest BCUT2D eigenvalue weighted by molar-refractivity contribution is 5.72. The maximum absolute atomic E-state index is 12.6. The van der Waals surface area contributed by atoms with Gasteiger partial charge in [-0.15, -0.1) is 0 Å². The second kappa shape index (κ2) is 12.9. The molecular formula is C33H34N2O6. The summed E-state index contributed by atoms with van der Waals surface area (Å²) in [5, 5.41) is 5.73. The first-order valence-electron chi connectivity index (χ1n) is 13.2. The van der Waals surface area contributed by atoms with Gasteiger partial charge >= 0.3 is 12.2 Å². The smallest absolute Gasteiger partial charge is 0.413 e. The van der Waals surface area contributed by atoms with E-state index in [-0.39, 0.29) is 0 Å². The van der Waals surface area contributed by atoms with Gasteiger partial charge in [-0.3, -0.25) is 0 Å². The lowest BCUT2D eigenvalue weighted by Gasteiger charge is -2.35. The lowest BCUT2D eigenvalue weighted by atomic mass is 9.87. The fourth-order valence-electron chi connectivity index (χ4n) is 4.41. The molecule has 0 aromatic heterocycles. The van der Waals surface area contributed by atoms with Crippen molar-refractivity contribution in [2.75, 3.05) is 0 Å². The number of para-hydroxylation sites is 2. The Balaban J connectivity index is 1.23. The van der Waals surface area contributed by atoms with E-state index in [1.807, 2.05) is 88.4 Å². The lowest BCUT2D eigenvalue weighted by molar-refractivity contribution is 0.168. The van der Waals surface area contributed by atoms with Crippen LogP contribution in [-0.4, -0.2) is 23.3 Å². The van der Waals surface area contributed by atoms with Crippen LogP contribution in [0, 0.1) is 0 Å². The molecule has 4 aromatic carbocycles. The molecule has 8 heteroatoms. The third kappa shape index (κ3) is 9.61. The molecule has 4 rings (SSSR count). The molecule has 0 aliphatic rings. The van der Waals surface area contributed by atoms with Gasteiger partial charge in [-0.1, -0.05) is 36.4 Å². The molecule has 0 unspecified atom stereocenters. The van der Waals surface area contributed by atoms with Crippen molar-refractivity contribution in [2.24, 2.45) is 0 Å². The summed E-state index contributed by atoms with van der Waals surface area (Å²) in [6.45, 7) is 7.41. The van der Waals surface area contributed by atoms with Crippen LogP contribution in [0.15, 0.2) is 109 Å². The average molecular weight is 555 g/mol. The predicted octanol–water partition coefficient (Wildman–Crippen LogP) is 8.10. The summed E-state index contributed by atoms with van der Waals surface area (Å²) in [4.78, 5) is 25.2. The van der Waals surface area contributed by atoms with Gasteiger partial charge in [0, 0.05) is 11.1 Å². The fraction of sp³-hybridized carbons (Fsp3) is 0.212. The predicted molar refractivity (Wildman–Crippen MR) is 157 cm³/mol. The molecule has 0 fully saturated rings. The molecule has 0 aliphatic heterocycles. The summed E-state index contributed by atoms with van der Waals surface area (Å²) in [6.07, 6.45) is -0.816. The molecule has 0 heterocycles. The van der Waals surface area contributed by atoms with Gasteiger partial charge in [-0.25, -0.2) is 9.59 Å². The van der Waals surface area contributed by atoms with Gasteiger partial charge in [0.25, 0.3) is 0 Å². The van der Waals surface area contributed by atoms with E-state index in [4.69, 9.17) is 18.9 Å². The van der Waals surface area contributed by atoms with Crippen molar-refractivity contribution in [3.8, 4) is 34.5 Å². The van der Waals surface area contributed by atoms with E-state index in [1.165, 1.54) is 0 Å². The van der Waals surface area contributed by atoms with Gasteiger partial charge in [-0.2, -0.15) is 0 Å². The summed E-state index contributed by atoms with van der Waals surface area (Å²) in [5.41, 5.74) is -1.42. The number of benzene rings is 4. The number of carbonyl (C=O) groups excluding carboxylic acids is 2. The number of amides is 2. The Morgan fingerprint density at radius 2 is 0.780 bits per heavy atom. The summed E-state index contributed by atoms with van der Waals surface area (Å²) >= 11 is 0. The maximum Gasteiger partial charge on any atom is 0.413 e. The minimum Gasteiger partial charge on any atom is -0.457 e. The van der Waals surface area contributed by atoms with Gasteiger partial charge in [0.2, 0.25) is 0 Å². The van der Waals surface area contributed by atoms with Crippen LogP contribution < -0.4 is 29.6 Å². The van der Waals surface area contributed by atoms with Gasteiger partial charge < -0.3 is 29.6 Å². The largest absolute Gasteiger partial charge is 0.457 e. The Morgan fingerprint density at radius 1 is 0.488 bits per heavy atom. The van der Waals surface area contributed by atoms with E-state index < -0.39 is 23.3 Å². The fourth-order valence-corrected chi connectivity index (χ4v) is 4.41. The highest BCUT2D eigenvalue weighted by Gasteiger charge is 2.32. The standard InChI is InChI=1S/C33H34N2O6/c1-32(2,34-30(36)40-28-19-15-26(16-20-28)38-24-11-7-5-8-12-24)23-33(3,4)35-31(37)41-29-21-17-27(18-22-29)39-25-13-9-6-10-14-25/h5-22H,23H2,1-4H3,(H,34,36)(H,35,37). The van der Waals surface area contributed by atoms with E-state index in [1.54, 1.807) is 48.5 Å². The van der Waals surface area contributed by atoms with E-state index >= 15 is 0 Å². The van der Waals surface area contributed by atoms with Crippen LogP contribution in [0.2, 0.25) is 0 Å². The monoisotopic (exact) mass is 554 g/mol. The second-order valence-electron chi connectivity index (χ2n) is 10.7. The zero-order valence-corrected chi connectivity index (χ0v) is 23.5. The summed E-state index contributed by atoms with van der Waals surface area (Å²) in [6, 6.07) is 32.3. The van der Waals surface area contributed by atoms with Crippen molar-refractivity contribution in [3.05, 3.63) is 109 Å². The zero-order chi connectivity index (χ0) is 29.3. The molecule has 0 spiro atoms. The molecule has 41 heavy (non-hydrogen) atoms. The molecule has 0 atom stereocenters. The third-order valence-corrected chi connectivity index (χ3v) is 5.79. The molecule has 0 bridgehead atoms. The van der Waals surface area contributed by atoms with Crippen molar-refractivity contribution in [1.82, 2.24) is 10.6 Å². The van der Waals surface area contributed by atoms with Gasteiger partial charge in [0.1, 0.15) is 34.5 Å². The minimum atomic E-state index is -0.708. The average Bonchev–Trinajstić information content (AvgIpc) is 2.90. The Bertz CT molecular complexity index is 1310. The SMILES string of the molecule is CC(C)(CC(C)(C)NC(=O)Oc1ccc(Oc2ccccc2)cc1)NC(=O)Oc1ccc(Oc2ccccc2)cc1. The van der Waals surface area contributed by atoms with Crippen molar-refractivity contribution < 1.29 is 28.5 Å². The molecule has 0 saturated heterocycles. The number of nitrogens with one attached hydrogen (secondary N) is 2. The first-order valence-corrected chi connectivity index (χ1v) is 13.2. The second-order valence-corrected chi connectivity index (χ2v) is 10.7. The van der Waals surface area contributed by atoms with Crippen molar-refractivity contribution in [3.63, 3.8) is 0 Å². The molecule has 0 saturated carbocycles. The number of carbonyl (C=O) groups is 2. The van der Waals surface area contributed by atoms with Crippen molar-refractivity contribution >= 4 is 12.2 Å². The quantitative estimate of drug-likeness (QED) is 0.206. The van der Waals surface area contributed by atoms with Crippen molar-refractivity contribution in [1.29, 1.82) is 0 Å². The highest BCUT2D eigenvalue weighted by Crippen LogP contribution is 2.26. The summed E-state index contributed by atoms with van der Waals surface area (Å²) in [7, 11) is 0. The number of hydrogen-bond acceptors (Lipinski definition) is 6. The number of ether oxygens (including phenoxy) is 4. The Hall–Kier alpha value is -4.98. The van der Waals surface area contributed by atoms with Gasteiger partial charge in [0.05, 0.1) is 0 Å². The number of rotatable bonds is 10. The lowest BCUT2D eigenvalue weighted by Crippen LogP contribution is -2.54. The van der Waals surface area contributed by atoms with E-state index in [9.17, 15) is 9.59 Å².